The maximum Gasteiger partial charge on any atom is 0.261 e. The molecule has 2 rings (SSSR count). The van der Waals surface area contributed by atoms with E-state index in [4.69, 9.17) is 5.11 Å². The summed E-state index contributed by atoms with van der Waals surface area (Å²) in [7, 11) is 0. The van der Waals surface area contributed by atoms with Gasteiger partial charge in [0.1, 0.15) is 5.56 Å². The Morgan fingerprint density at radius 1 is 1.42 bits per heavy atom. The number of aryl methyl sites for hydroxylation is 2. The van der Waals surface area contributed by atoms with E-state index in [1.54, 1.807) is 6.07 Å². The molecule has 1 aliphatic rings. The molecule has 0 spiro atoms. The smallest absolute Gasteiger partial charge is 0.261 e. The number of H-pyrrole nitrogens is 1. The number of aliphatic hydroxyl groups excluding tert-OH is 1. The summed E-state index contributed by atoms with van der Waals surface area (Å²) in [6, 6.07) is 1.73. The van der Waals surface area contributed by atoms with Gasteiger partial charge in [-0.3, -0.25) is 9.59 Å². The van der Waals surface area contributed by atoms with Crippen molar-refractivity contribution in [2.75, 3.05) is 19.7 Å². The van der Waals surface area contributed by atoms with E-state index in [0.717, 1.165) is 36.9 Å². The van der Waals surface area contributed by atoms with Crippen LogP contribution in [0.1, 0.15) is 41.4 Å². The Morgan fingerprint density at radius 3 is 2.84 bits per heavy atom. The third-order valence-corrected chi connectivity index (χ3v) is 3.61. The summed E-state index contributed by atoms with van der Waals surface area (Å²) in [4.78, 5) is 28.6. The number of pyridine rings is 1. The van der Waals surface area contributed by atoms with Crippen LogP contribution in [0, 0.1) is 0 Å². The molecule has 2 N–H and O–H groups in total. The van der Waals surface area contributed by atoms with Crippen LogP contribution in [0.25, 0.3) is 0 Å². The quantitative estimate of drug-likeness (QED) is 0.841. The van der Waals surface area contributed by atoms with Crippen molar-refractivity contribution < 1.29 is 9.90 Å². The molecule has 104 valence electrons. The van der Waals surface area contributed by atoms with Crippen molar-refractivity contribution in [2.24, 2.45) is 0 Å². The van der Waals surface area contributed by atoms with E-state index in [1.165, 1.54) is 4.90 Å². The molecule has 0 aromatic carbocycles. The van der Waals surface area contributed by atoms with Gasteiger partial charge in [-0.1, -0.05) is 0 Å². The number of hydrogen-bond donors (Lipinski definition) is 2. The number of aromatic amines is 1. The second kappa shape index (κ2) is 6.02. The van der Waals surface area contributed by atoms with Crippen molar-refractivity contribution >= 4 is 5.91 Å². The normalized spacial score (nSPS) is 14.0. The average molecular weight is 264 g/mol. The Kier molecular flexibility index (Phi) is 4.37. The van der Waals surface area contributed by atoms with Gasteiger partial charge in [0.2, 0.25) is 0 Å². The van der Waals surface area contributed by atoms with Crippen molar-refractivity contribution in [2.45, 2.75) is 32.6 Å². The van der Waals surface area contributed by atoms with E-state index in [2.05, 4.69) is 4.98 Å². The number of hydrogen-bond acceptors (Lipinski definition) is 3. The molecule has 0 aliphatic heterocycles. The second-order valence-electron chi connectivity index (χ2n) is 4.83. The first-order valence-corrected chi connectivity index (χ1v) is 6.82. The number of rotatable bonds is 4. The molecule has 1 heterocycles. The highest BCUT2D eigenvalue weighted by molar-refractivity contribution is 5.94. The van der Waals surface area contributed by atoms with E-state index in [1.807, 2.05) is 6.92 Å². The van der Waals surface area contributed by atoms with Crippen LogP contribution in [0.15, 0.2) is 10.9 Å². The molecule has 0 saturated heterocycles. The first-order valence-electron chi connectivity index (χ1n) is 6.82. The van der Waals surface area contributed by atoms with Crippen LogP contribution in [0.5, 0.6) is 0 Å². The Morgan fingerprint density at radius 2 is 2.16 bits per heavy atom. The van der Waals surface area contributed by atoms with Gasteiger partial charge in [0.15, 0.2) is 0 Å². The van der Waals surface area contributed by atoms with Crippen molar-refractivity contribution in [3.8, 4) is 0 Å². The molecule has 0 fully saturated rings. The third kappa shape index (κ3) is 2.87. The fraction of sp³-hybridized carbons (Fsp3) is 0.571. The molecule has 1 aromatic rings. The molecule has 0 unspecified atom stereocenters. The second-order valence-corrected chi connectivity index (χ2v) is 4.83. The predicted octanol–water partition coefficient (Wildman–Crippen LogP) is 0.708. The van der Waals surface area contributed by atoms with E-state index in [0.29, 0.717) is 6.54 Å². The van der Waals surface area contributed by atoms with Gasteiger partial charge in [-0.25, -0.2) is 0 Å². The van der Waals surface area contributed by atoms with Crippen LogP contribution >= 0.6 is 0 Å². The highest BCUT2D eigenvalue weighted by Crippen LogP contribution is 2.18. The van der Waals surface area contributed by atoms with Crippen LogP contribution in [0.2, 0.25) is 0 Å². The number of carbonyl (C=O) groups is 1. The maximum absolute atomic E-state index is 12.3. The number of amides is 1. The molecule has 1 amide bonds. The van der Waals surface area contributed by atoms with Gasteiger partial charge in [0.25, 0.3) is 11.5 Å². The molecular weight excluding hydrogens is 244 g/mol. The van der Waals surface area contributed by atoms with Gasteiger partial charge >= 0.3 is 0 Å². The van der Waals surface area contributed by atoms with E-state index >= 15 is 0 Å². The summed E-state index contributed by atoms with van der Waals surface area (Å²) in [5, 5.41) is 8.95. The van der Waals surface area contributed by atoms with Crippen molar-refractivity contribution in [3.05, 3.63) is 33.2 Å². The van der Waals surface area contributed by atoms with Gasteiger partial charge in [-0.2, -0.15) is 0 Å². The Bertz CT molecular complexity index is 522. The fourth-order valence-electron chi connectivity index (χ4n) is 2.53. The van der Waals surface area contributed by atoms with E-state index in [9.17, 15) is 9.59 Å². The molecule has 0 bridgehead atoms. The Hall–Kier alpha value is -1.62. The summed E-state index contributed by atoms with van der Waals surface area (Å²) in [5.74, 6) is -0.300. The lowest BCUT2D eigenvalue weighted by Crippen LogP contribution is -2.37. The summed E-state index contributed by atoms with van der Waals surface area (Å²) in [6.45, 7) is 2.48. The highest BCUT2D eigenvalue weighted by atomic mass is 16.3. The lowest BCUT2D eigenvalue weighted by Gasteiger charge is -2.21. The number of likely N-dealkylation sites (N-methyl/N-ethyl adjacent to an activating group) is 1. The first-order chi connectivity index (χ1) is 9.17. The summed E-state index contributed by atoms with van der Waals surface area (Å²) >= 11 is 0. The lowest BCUT2D eigenvalue weighted by molar-refractivity contribution is 0.0730. The summed E-state index contributed by atoms with van der Waals surface area (Å²) in [6.07, 6.45) is 3.98. The number of aromatic nitrogens is 1. The van der Waals surface area contributed by atoms with Gasteiger partial charge in [0.05, 0.1) is 6.61 Å². The molecule has 0 saturated carbocycles. The van der Waals surface area contributed by atoms with Crippen LogP contribution in [-0.2, 0) is 12.8 Å². The first kappa shape index (κ1) is 13.8. The summed E-state index contributed by atoms with van der Waals surface area (Å²) in [5.41, 5.74) is 1.92. The number of nitrogens with zero attached hydrogens (tertiary/aromatic N) is 1. The van der Waals surface area contributed by atoms with E-state index in [-0.39, 0.29) is 30.2 Å². The molecular formula is C14H20N2O3. The molecule has 1 aromatic heterocycles. The number of carbonyl (C=O) groups excluding carboxylic acids is 1. The fourth-order valence-corrected chi connectivity index (χ4v) is 2.53. The van der Waals surface area contributed by atoms with Gasteiger partial charge < -0.3 is 15.0 Å². The molecule has 1 aliphatic carbocycles. The number of nitrogens with one attached hydrogen (secondary N) is 1. The Balaban J connectivity index is 2.34. The Labute approximate surface area is 112 Å². The third-order valence-electron chi connectivity index (χ3n) is 3.61. The lowest BCUT2D eigenvalue weighted by atomic mass is 9.95. The van der Waals surface area contributed by atoms with Crippen LogP contribution in [0.3, 0.4) is 0 Å². The molecule has 0 atom stereocenters. The minimum Gasteiger partial charge on any atom is -0.395 e. The van der Waals surface area contributed by atoms with Crippen molar-refractivity contribution in [1.29, 1.82) is 0 Å². The predicted molar refractivity (Wildman–Crippen MR) is 72.4 cm³/mol. The number of fused-ring (bicyclic) bond motifs is 1. The SMILES string of the molecule is CCN(CCO)C(=O)c1cc2c([nH]c1=O)CCCC2. The topological polar surface area (TPSA) is 73.4 Å². The van der Waals surface area contributed by atoms with Crippen LogP contribution in [-0.4, -0.2) is 40.6 Å². The van der Waals surface area contributed by atoms with Crippen LogP contribution < -0.4 is 5.56 Å². The summed E-state index contributed by atoms with van der Waals surface area (Å²) < 4.78 is 0. The molecule has 5 nitrogen and oxygen atoms in total. The zero-order valence-corrected chi connectivity index (χ0v) is 11.2. The van der Waals surface area contributed by atoms with Gasteiger partial charge in [-0.15, -0.1) is 0 Å². The zero-order chi connectivity index (χ0) is 13.8. The van der Waals surface area contributed by atoms with Crippen molar-refractivity contribution in [1.82, 2.24) is 9.88 Å². The standard InChI is InChI=1S/C14H20N2O3/c1-2-16(7-8-17)14(19)11-9-10-5-3-4-6-12(10)15-13(11)18/h9,17H,2-8H2,1H3,(H,15,18). The van der Waals surface area contributed by atoms with Crippen molar-refractivity contribution in [3.63, 3.8) is 0 Å². The monoisotopic (exact) mass is 264 g/mol. The minimum atomic E-state index is -0.318. The molecule has 19 heavy (non-hydrogen) atoms. The zero-order valence-electron chi connectivity index (χ0n) is 11.2. The van der Waals surface area contributed by atoms with Gasteiger partial charge in [-0.05, 0) is 44.2 Å². The number of aliphatic hydroxyl groups is 1. The van der Waals surface area contributed by atoms with Crippen LogP contribution in [0.4, 0.5) is 0 Å². The maximum atomic E-state index is 12.3. The highest BCUT2D eigenvalue weighted by Gasteiger charge is 2.20. The molecule has 0 radical (unpaired) electrons. The largest absolute Gasteiger partial charge is 0.395 e. The van der Waals surface area contributed by atoms with E-state index < -0.39 is 0 Å². The van der Waals surface area contributed by atoms with Gasteiger partial charge in [0, 0.05) is 18.8 Å². The average Bonchev–Trinajstić information content (AvgIpc) is 2.43. The molecule has 5 heteroatoms. The minimum absolute atomic E-state index is 0.0948.